The number of hydrogen-bond acceptors (Lipinski definition) is 6. The molecule has 3 N–H and O–H groups in total. The van der Waals surface area contributed by atoms with E-state index >= 15 is 0 Å². The van der Waals surface area contributed by atoms with Gasteiger partial charge in [-0.05, 0) is 55.1 Å². The molecule has 0 bridgehead atoms. The van der Waals surface area contributed by atoms with E-state index in [2.05, 4.69) is 42.5 Å². The number of carbonyl (C=O) groups is 4. The van der Waals surface area contributed by atoms with Crippen molar-refractivity contribution in [1.82, 2.24) is 20.1 Å². The number of hydrogen-bond donors (Lipinski definition) is 3. The largest absolute Gasteiger partial charge is 0.386 e. The van der Waals surface area contributed by atoms with Crippen LogP contribution < -0.4 is 16.2 Å². The fourth-order valence-corrected chi connectivity index (χ4v) is 4.77. The number of H-pyrrole nitrogens is 1. The summed E-state index contributed by atoms with van der Waals surface area (Å²) in [6.07, 6.45) is 5.31. The van der Waals surface area contributed by atoms with Crippen molar-refractivity contribution in [3.63, 3.8) is 0 Å². The molecular formula is C32H53F3N6O5. The molecule has 2 saturated heterocycles. The molecule has 3 unspecified atom stereocenters. The molecule has 0 spiro atoms. The van der Waals surface area contributed by atoms with Gasteiger partial charge in [-0.1, -0.05) is 54.4 Å². The van der Waals surface area contributed by atoms with Crippen molar-refractivity contribution in [2.45, 2.75) is 92.8 Å². The average molecular weight is 659 g/mol. The predicted molar refractivity (Wildman–Crippen MR) is 172 cm³/mol. The Balaban J connectivity index is 0. The number of pyridine rings is 1. The lowest BCUT2D eigenvalue weighted by Crippen LogP contribution is -2.36. The van der Waals surface area contributed by atoms with Gasteiger partial charge < -0.3 is 25.4 Å². The van der Waals surface area contributed by atoms with Gasteiger partial charge in [0.25, 0.3) is 5.56 Å². The van der Waals surface area contributed by atoms with Crippen LogP contribution in [0.2, 0.25) is 0 Å². The maximum absolute atomic E-state index is 11.7. The van der Waals surface area contributed by atoms with Crippen molar-refractivity contribution in [3.05, 3.63) is 28.7 Å². The van der Waals surface area contributed by atoms with E-state index in [1.54, 1.807) is 11.0 Å². The number of anilines is 1. The van der Waals surface area contributed by atoms with E-state index in [0.717, 1.165) is 50.2 Å². The smallest absolute Gasteiger partial charge is 0.350 e. The van der Waals surface area contributed by atoms with Gasteiger partial charge in [0, 0.05) is 32.8 Å². The second-order valence-electron chi connectivity index (χ2n) is 11.6. The summed E-state index contributed by atoms with van der Waals surface area (Å²) in [5.74, 6) is 2.82. The second-order valence-corrected chi connectivity index (χ2v) is 11.6. The molecule has 3 fully saturated rings. The fraction of sp³-hybridized carbons (Fsp3) is 0.688. The molecule has 1 aliphatic carbocycles. The highest BCUT2D eigenvalue weighted by Crippen LogP contribution is 2.35. The summed E-state index contributed by atoms with van der Waals surface area (Å²) in [5, 5.41) is 13.2. The summed E-state index contributed by atoms with van der Waals surface area (Å²) in [6, 6.07) is 5.07. The molecule has 262 valence electrons. The zero-order valence-electron chi connectivity index (χ0n) is 28.2. The number of carbonyl (C=O) groups excluding carboxylic acids is 4. The lowest BCUT2D eigenvalue weighted by molar-refractivity contribution is -0.130. The highest BCUT2D eigenvalue weighted by molar-refractivity contribution is 5.80. The van der Waals surface area contributed by atoms with Gasteiger partial charge in [0.15, 0.2) is 0 Å². The number of likely N-dealkylation sites (tertiary alicyclic amines) is 2. The number of halogens is 3. The maximum atomic E-state index is 11.7. The van der Waals surface area contributed by atoms with Gasteiger partial charge >= 0.3 is 6.18 Å². The predicted octanol–water partition coefficient (Wildman–Crippen LogP) is 4.96. The molecule has 14 heteroatoms. The van der Waals surface area contributed by atoms with Crippen LogP contribution in [-0.2, 0) is 19.2 Å². The second kappa shape index (κ2) is 25.3. The number of nitrogens with zero attached hydrogens (tertiary/aromatic N) is 3. The summed E-state index contributed by atoms with van der Waals surface area (Å²) in [4.78, 5) is 58.5. The first-order chi connectivity index (χ1) is 21.7. The Morgan fingerprint density at radius 3 is 2.00 bits per heavy atom. The lowest BCUT2D eigenvalue weighted by Gasteiger charge is -2.22. The third-order valence-electron chi connectivity index (χ3n) is 6.53. The summed E-state index contributed by atoms with van der Waals surface area (Å²) < 4.78 is 31.1. The number of aromatic nitrogens is 1. The van der Waals surface area contributed by atoms with Crippen LogP contribution in [0.4, 0.5) is 18.9 Å². The van der Waals surface area contributed by atoms with E-state index in [4.69, 9.17) is 5.26 Å². The van der Waals surface area contributed by atoms with Crippen LogP contribution in [0.1, 0.15) is 80.6 Å². The molecule has 11 nitrogen and oxygen atoms in total. The van der Waals surface area contributed by atoms with Crippen LogP contribution >= 0.6 is 0 Å². The van der Waals surface area contributed by atoms with Crippen molar-refractivity contribution >= 4 is 30.8 Å². The Kier molecular flexibility index (Phi) is 24.3. The molecule has 2 aliphatic heterocycles. The molecule has 4 rings (SSSR count). The van der Waals surface area contributed by atoms with Gasteiger partial charge in [-0.2, -0.15) is 18.4 Å². The number of alkyl halides is 3. The van der Waals surface area contributed by atoms with E-state index in [-0.39, 0.29) is 36.7 Å². The van der Waals surface area contributed by atoms with Crippen LogP contribution in [0.15, 0.2) is 23.1 Å². The van der Waals surface area contributed by atoms with Crippen molar-refractivity contribution in [2.24, 2.45) is 23.7 Å². The average Bonchev–Trinajstić information content (AvgIpc) is 3.61. The molecule has 3 aliphatic rings. The van der Waals surface area contributed by atoms with Crippen LogP contribution in [0.3, 0.4) is 0 Å². The quantitative estimate of drug-likeness (QED) is 0.367. The number of amides is 4. The van der Waals surface area contributed by atoms with Gasteiger partial charge in [0.1, 0.15) is 11.7 Å². The van der Waals surface area contributed by atoms with Crippen molar-refractivity contribution in [3.8, 4) is 6.07 Å². The monoisotopic (exact) mass is 658 g/mol. The molecule has 4 atom stereocenters. The number of nitrogens with one attached hydrogen (secondary N) is 3. The third kappa shape index (κ3) is 21.8. The number of aromatic amines is 1. The summed E-state index contributed by atoms with van der Waals surface area (Å²) in [5.41, 5.74) is -0.0351. The van der Waals surface area contributed by atoms with Crippen molar-refractivity contribution in [1.29, 1.82) is 5.26 Å². The van der Waals surface area contributed by atoms with E-state index in [1.807, 2.05) is 25.7 Å². The van der Waals surface area contributed by atoms with Crippen LogP contribution in [0.5, 0.6) is 0 Å². The van der Waals surface area contributed by atoms with E-state index in [9.17, 15) is 37.1 Å². The van der Waals surface area contributed by atoms with Gasteiger partial charge in [-0.3, -0.25) is 24.0 Å². The van der Waals surface area contributed by atoms with E-state index < -0.39 is 6.18 Å². The first-order valence-corrected chi connectivity index (χ1v) is 15.7. The number of nitriles is 1. The molecule has 0 aromatic carbocycles. The SMILES string of the molecule is CC.CC(C)C.CC(F)(F)F.CC1C[C@@H](C#N)N(C=O)C1.O=CNCC(=O)N1CC2CCCCC2C1.O=CNc1ccc[nH]c1=O. The standard InChI is InChI=1S/C11H18N2O2.C7H10N2O.C6H6N2O2.C4H10.C2H3F3.C2H6/c14-8-12-5-11(15)13-6-9-3-1-2-4-10(9)7-13;1-6-2-7(3-8)9(4-6)5-10;9-4-8-5-2-1-3-7-6(5)10;1-4(2)3;1-2(3,4)5;1-2/h8-10H,1-7H2,(H,12,14);5-7H,2,4H2,1H3;1-4H,(H,7,10)(H,8,9);4H,1-3H3;1H3;1-2H3/t;6?,7-;;;;/m.0..../s1. The number of fused-ring (bicyclic) bond motifs is 1. The minimum atomic E-state index is -4.00. The maximum Gasteiger partial charge on any atom is 0.386 e. The first-order valence-electron chi connectivity index (χ1n) is 15.7. The zero-order valence-corrected chi connectivity index (χ0v) is 28.2. The summed E-state index contributed by atoms with van der Waals surface area (Å²) >= 11 is 0. The molecule has 1 aromatic heterocycles. The highest BCUT2D eigenvalue weighted by atomic mass is 19.4. The van der Waals surface area contributed by atoms with Gasteiger partial charge in [-0.25, -0.2) is 0 Å². The molecule has 0 radical (unpaired) electrons. The van der Waals surface area contributed by atoms with Crippen molar-refractivity contribution in [2.75, 3.05) is 31.5 Å². The lowest BCUT2D eigenvalue weighted by atomic mass is 9.82. The molecule has 4 amide bonds. The molecule has 1 aromatic rings. The topological polar surface area (TPSA) is 155 Å². The first kappa shape index (κ1) is 44.2. The highest BCUT2D eigenvalue weighted by Gasteiger charge is 2.36. The van der Waals surface area contributed by atoms with E-state index in [0.29, 0.717) is 18.7 Å². The van der Waals surface area contributed by atoms with Crippen LogP contribution in [-0.4, -0.2) is 78.3 Å². The van der Waals surface area contributed by atoms with Gasteiger partial charge in [0.2, 0.25) is 25.1 Å². The van der Waals surface area contributed by atoms with Gasteiger partial charge in [0.05, 0.1) is 12.6 Å². The third-order valence-corrected chi connectivity index (χ3v) is 6.53. The summed E-state index contributed by atoms with van der Waals surface area (Å²) in [7, 11) is 0. The fourth-order valence-electron chi connectivity index (χ4n) is 4.77. The minimum absolute atomic E-state index is 0.0662. The zero-order chi connectivity index (χ0) is 35.7. The molecule has 3 heterocycles. The Morgan fingerprint density at radius 1 is 1.09 bits per heavy atom. The Morgan fingerprint density at radius 2 is 1.61 bits per heavy atom. The minimum Gasteiger partial charge on any atom is -0.350 e. The van der Waals surface area contributed by atoms with E-state index in [1.165, 1.54) is 37.9 Å². The normalized spacial score (nSPS) is 20.7. The molecule has 46 heavy (non-hydrogen) atoms. The van der Waals surface area contributed by atoms with Crippen LogP contribution in [0.25, 0.3) is 0 Å². The Hall–Kier alpha value is -3.89. The Bertz CT molecular complexity index is 1070. The number of rotatable bonds is 6. The van der Waals surface area contributed by atoms with Crippen molar-refractivity contribution < 1.29 is 32.3 Å². The van der Waals surface area contributed by atoms with Crippen LogP contribution in [0, 0.1) is 35.0 Å². The molecular weight excluding hydrogens is 605 g/mol. The Labute approximate surface area is 271 Å². The van der Waals surface area contributed by atoms with Gasteiger partial charge in [-0.15, -0.1) is 0 Å². The molecule has 1 saturated carbocycles. The summed E-state index contributed by atoms with van der Waals surface area (Å²) in [6.45, 7) is 15.4.